The van der Waals surface area contributed by atoms with E-state index in [0.29, 0.717) is 29.8 Å². The van der Waals surface area contributed by atoms with Crippen LogP contribution in [0.2, 0.25) is 0 Å². The molecule has 35 heavy (non-hydrogen) atoms. The topological polar surface area (TPSA) is 94.2 Å². The van der Waals surface area contributed by atoms with Crippen molar-refractivity contribution >= 4 is 24.0 Å². The molecule has 1 aromatic rings. The molecule has 0 bridgehead atoms. The third-order valence-corrected chi connectivity index (χ3v) is 5.37. The third-order valence-electron chi connectivity index (χ3n) is 5.37. The number of carbonyl (C=O) groups is 2. The largest absolute Gasteiger partial charge is 0.465 e. The third kappa shape index (κ3) is 9.59. The van der Waals surface area contributed by atoms with Gasteiger partial charge in [0.1, 0.15) is 5.60 Å². The quantitative estimate of drug-likeness (QED) is 0.222. The van der Waals surface area contributed by atoms with Crippen molar-refractivity contribution in [1.82, 2.24) is 4.90 Å². The van der Waals surface area contributed by atoms with Gasteiger partial charge in [-0.3, -0.25) is 4.99 Å². The van der Waals surface area contributed by atoms with E-state index in [0.717, 1.165) is 25.1 Å². The Kier molecular flexibility index (Phi) is 12.3. The molecule has 1 unspecified atom stereocenters. The predicted octanol–water partition coefficient (Wildman–Crippen LogP) is 6.27. The number of hydrogen-bond donors (Lipinski definition) is 1. The van der Waals surface area contributed by atoms with Gasteiger partial charge in [-0.2, -0.15) is 0 Å². The van der Waals surface area contributed by atoms with E-state index in [1.165, 1.54) is 12.7 Å². The average Bonchev–Trinajstić information content (AvgIpc) is 2.85. The molecule has 1 amide bonds. The Hall–Kier alpha value is -3.09. The number of carbonyl (C=O) groups excluding carboxylic acids is 2. The number of methoxy groups -OCH3 is 1. The fraction of sp³-hybridized carbons (Fsp3) is 0.536. The summed E-state index contributed by atoms with van der Waals surface area (Å²) >= 11 is 0. The zero-order valence-electron chi connectivity index (χ0n) is 22.7. The number of ether oxygens (including phenoxy) is 2. The summed E-state index contributed by atoms with van der Waals surface area (Å²) in [7, 11) is 1.34. The van der Waals surface area contributed by atoms with Gasteiger partial charge in [-0.25, -0.2) is 9.59 Å². The first-order valence-corrected chi connectivity index (χ1v) is 12.4. The first kappa shape index (κ1) is 29.9. The molecule has 7 heteroatoms. The summed E-state index contributed by atoms with van der Waals surface area (Å²) in [5.74, 6) is -0.192. The maximum absolute atomic E-state index is 12.4. The Morgan fingerprint density at radius 2 is 1.83 bits per heavy atom. The molecule has 2 rings (SSSR count). The van der Waals surface area contributed by atoms with Crippen molar-refractivity contribution in [2.75, 3.05) is 20.2 Å². The molecule has 1 fully saturated rings. The Bertz CT molecular complexity index is 925. The molecule has 194 valence electrons. The number of allylic oxidation sites excluding steroid dienone is 2. The van der Waals surface area contributed by atoms with Gasteiger partial charge in [0.15, 0.2) is 0 Å². The van der Waals surface area contributed by atoms with Crippen LogP contribution < -0.4 is 5.73 Å². The molecule has 0 spiro atoms. The average molecular weight is 486 g/mol. The molecular formula is C28H43N3O4. The van der Waals surface area contributed by atoms with E-state index in [2.05, 4.69) is 17.1 Å². The number of esters is 1. The standard InChI is InChI=1S/C26H37N3O4.C2H6/c1-7-9-22(24(30)32-6)23(27)18(2)16-28-21-13-11-19(12-14-21)20-10-8-15-29(17-20)25(31)33-26(3,4)5;1-2/h9,11-14,16,20H,7-8,10,15,17,27H2,1-6H3;1-2H3/b22-9+,23-18-,28-16?;. The van der Waals surface area contributed by atoms with Gasteiger partial charge in [-0.05, 0) is 70.2 Å². The highest BCUT2D eigenvalue weighted by Crippen LogP contribution is 2.29. The van der Waals surface area contributed by atoms with Crippen LogP contribution in [0.25, 0.3) is 0 Å². The van der Waals surface area contributed by atoms with Crippen molar-refractivity contribution in [2.24, 2.45) is 10.7 Å². The van der Waals surface area contributed by atoms with E-state index in [-0.39, 0.29) is 12.0 Å². The zero-order valence-corrected chi connectivity index (χ0v) is 22.7. The summed E-state index contributed by atoms with van der Waals surface area (Å²) in [5, 5.41) is 0. The first-order chi connectivity index (χ1) is 16.6. The highest BCUT2D eigenvalue weighted by atomic mass is 16.6. The smallest absolute Gasteiger partial charge is 0.410 e. The van der Waals surface area contributed by atoms with E-state index in [1.54, 1.807) is 17.2 Å². The Balaban J connectivity index is 0.00000298. The number of likely N-dealkylation sites (tertiary alicyclic amines) is 1. The van der Waals surface area contributed by atoms with Crippen molar-refractivity contribution < 1.29 is 19.1 Å². The second-order valence-corrected chi connectivity index (χ2v) is 9.23. The van der Waals surface area contributed by atoms with Crippen molar-refractivity contribution in [2.45, 2.75) is 79.2 Å². The minimum atomic E-state index is -0.496. The molecule has 0 radical (unpaired) electrons. The summed E-state index contributed by atoms with van der Waals surface area (Å²) in [5.41, 5.74) is 9.01. The maximum Gasteiger partial charge on any atom is 0.410 e. The van der Waals surface area contributed by atoms with Gasteiger partial charge in [-0.15, -0.1) is 0 Å². The number of nitrogens with zero attached hydrogens (tertiary/aromatic N) is 2. The summed E-state index contributed by atoms with van der Waals surface area (Å²) in [6.07, 6.45) is 5.79. The number of benzene rings is 1. The molecular weight excluding hydrogens is 442 g/mol. The van der Waals surface area contributed by atoms with Crippen molar-refractivity contribution in [3.05, 3.63) is 52.7 Å². The van der Waals surface area contributed by atoms with Gasteiger partial charge < -0.3 is 20.1 Å². The number of amides is 1. The number of rotatable bonds is 6. The number of piperidine rings is 1. The van der Waals surface area contributed by atoms with E-state index in [4.69, 9.17) is 15.2 Å². The molecule has 0 saturated carbocycles. The van der Waals surface area contributed by atoms with Gasteiger partial charge in [0.2, 0.25) is 0 Å². The van der Waals surface area contributed by atoms with Crippen molar-refractivity contribution in [1.29, 1.82) is 0 Å². The molecule has 1 heterocycles. The number of hydrogen-bond acceptors (Lipinski definition) is 6. The molecule has 1 atom stereocenters. The number of nitrogens with two attached hydrogens (primary N) is 1. The molecule has 2 N–H and O–H groups in total. The molecule has 1 aliphatic rings. The molecule has 7 nitrogen and oxygen atoms in total. The summed E-state index contributed by atoms with van der Waals surface area (Å²) in [6, 6.07) is 8.00. The van der Waals surface area contributed by atoms with Gasteiger partial charge in [0.25, 0.3) is 0 Å². The molecule has 0 aromatic heterocycles. The van der Waals surface area contributed by atoms with E-state index >= 15 is 0 Å². The van der Waals surface area contributed by atoms with Crippen LogP contribution in [-0.4, -0.2) is 49.0 Å². The van der Waals surface area contributed by atoms with Crippen molar-refractivity contribution in [3.63, 3.8) is 0 Å². The van der Waals surface area contributed by atoms with Crippen LogP contribution >= 0.6 is 0 Å². The van der Waals surface area contributed by atoms with Crippen LogP contribution in [0, 0.1) is 0 Å². The minimum Gasteiger partial charge on any atom is -0.465 e. The lowest BCUT2D eigenvalue weighted by atomic mass is 9.91. The summed E-state index contributed by atoms with van der Waals surface area (Å²) in [6.45, 7) is 14.8. The van der Waals surface area contributed by atoms with Crippen molar-refractivity contribution in [3.8, 4) is 0 Å². The Morgan fingerprint density at radius 1 is 1.20 bits per heavy atom. The molecule has 1 saturated heterocycles. The van der Waals surface area contributed by atoms with Gasteiger partial charge in [0.05, 0.1) is 24.1 Å². The van der Waals surface area contributed by atoms with Gasteiger partial charge in [0, 0.05) is 25.2 Å². The van der Waals surface area contributed by atoms with Crippen LogP contribution in [0.15, 0.2) is 52.2 Å². The SMILES string of the molecule is CC.CC/C=C(C(=O)OC)\C(N)=C(/C)C=Nc1ccc(C2CCCN(C(=O)OC(C)(C)C)C2)cc1. The Morgan fingerprint density at radius 3 is 2.37 bits per heavy atom. The van der Waals surface area contributed by atoms with E-state index < -0.39 is 11.6 Å². The lowest BCUT2D eigenvalue weighted by Crippen LogP contribution is -2.42. The lowest BCUT2D eigenvalue weighted by molar-refractivity contribution is -0.135. The molecule has 1 aromatic carbocycles. The maximum atomic E-state index is 12.4. The predicted molar refractivity (Wildman–Crippen MR) is 143 cm³/mol. The van der Waals surface area contributed by atoms with Crippen LogP contribution in [0.4, 0.5) is 10.5 Å². The second kappa shape index (κ2) is 14.3. The van der Waals surface area contributed by atoms with Crippen LogP contribution in [0.5, 0.6) is 0 Å². The minimum absolute atomic E-state index is 0.253. The normalized spacial score (nSPS) is 17.3. The first-order valence-electron chi connectivity index (χ1n) is 12.4. The van der Waals surface area contributed by atoms with Crippen LogP contribution in [0.3, 0.4) is 0 Å². The summed E-state index contributed by atoms with van der Waals surface area (Å²) < 4.78 is 10.3. The van der Waals surface area contributed by atoms with Crippen LogP contribution in [0.1, 0.15) is 79.2 Å². The molecule has 0 aliphatic carbocycles. The molecule has 1 aliphatic heterocycles. The zero-order chi connectivity index (χ0) is 26.6. The lowest BCUT2D eigenvalue weighted by Gasteiger charge is -2.34. The highest BCUT2D eigenvalue weighted by Gasteiger charge is 2.28. The monoisotopic (exact) mass is 485 g/mol. The van der Waals surface area contributed by atoms with Crippen LogP contribution in [-0.2, 0) is 14.3 Å². The van der Waals surface area contributed by atoms with Gasteiger partial charge in [-0.1, -0.05) is 39.0 Å². The Labute approximate surface area is 211 Å². The number of aliphatic imine (C=N–C) groups is 1. The fourth-order valence-corrected chi connectivity index (χ4v) is 3.64. The van der Waals surface area contributed by atoms with Gasteiger partial charge >= 0.3 is 12.1 Å². The fourth-order valence-electron chi connectivity index (χ4n) is 3.64. The van der Waals surface area contributed by atoms with E-state index in [1.807, 2.05) is 60.6 Å². The second-order valence-electron chi connectivity index (χ2n) is 9.23. The highest BCUT2D eigenvalue weighted by molar-refractivity contribution is 5.96. The van der Waals surface area contributed by atoms with E-state index in [9.17, 15) is 9.59 Å². The summed E-state index contributed by atoms with van der Waals surface area (Å²) in [4.78, 5) is 30.7.